The Morgan fingerprint density at radius 1 is 1.20 bits per heavy atom. The lowest BCUT2D eigenvalue weighted by Crippen LogP contribution is -2.38. The molecule has 25 heavy (non-hydrogen) atoms. The van der Waals surface area contributed by atoms with Gasteiger partial charge >= 0.3 is 0 Å². The van der Waals surface area contributed by atoms with E-state index in [1.54, 1.807) is 24.3 Å². The van der Waals surface area contributed by atoms with E-state index in [-0.39, 0.29) is 5.56 Å². The molecule has 0 amide bonds. The third-order valence-electron chi connectivity index (χ3n) is 4.67. The maximum Gasteiger partial charge on any atom is 0.260 e. The molecule has 1 fully saturated rings. The molecule has 7 heteroatoms. The summed E-state index contributed by atoms with van der Waals surface area (Å²) in [6, 6.07) is 6.85. The van der Waals surface area contributed by atoms with Crippen molar-refractivity contribution in [3.8, 4) is 5.69 Å². The van der Waals surface area contributed by atoms with E-state index >= 15 is 0 Å². The second-order valence-electron chi connectivity index (χ2n) is 7.00. The molecule has 3 rings (SSSR count). The zero-order valence-electron chi connectivity index (χ0n) is 14.6. The first kappa shape index (κ1) is 18.6. The number of benzene rings is 1. The molecule has 2 aromatic rings. The zero-order chi connectivity index (χ0) is 18.2. The van der Waals surface area contributed by atoms with Crippen LogP contribution in [0.25, 0.3) is 5.69 Å². The van der Waals surface area contributed by atoms with Gasteiger partial charge in [0.15, 0.2) is 5.16 Å². The lowest BCUT2D eigenvalue weighted by atomic mass is 9.83. The number of anilines is 1. The van der Waals surface area contributed by atoms with Gasteiger partial charge in [-0.25, -0.2) is 4.98 Å². The molecule has 1 aliphatic heterocycles. The number of thioether (sulfide) groups is 1. The third-order valence-corrected chi connectivity index (χ3v) is 6.12. The van der Waals surface area contributed by atoms with Crippen LogP contribution in [-0.4, -0.2) is 28.9 Å². The van der Waals surface area contributed by atoms with E-state index in [0.717, 1.165) is 31.7 Å². The summed E-state index contributed by atoms with van der Waals surface area (Å²) in [5.41, 5.74) is 0.757. The highest BCUT2D eigenvalue weighted by Gasteiger charge is 2.27. The van der Waals surface area contributed by atoms with Crippen molar-refractivity contribution in [3.05, 3.63) is 44.7 Å². The average molecular weight is 398 g/mol. The van der Waals surface area contributed by atoms with Crippen molar-refractivity contribution in [2.45, 2.75) is 31.8 Å². The van der Waals surface area contributed by atoms with Gasteiger partial charge in [0.2, 0.25) is 0 Å². The van der Waals surface area contributed by atoms with Gasteiger partial charge in [-0.1, -0.05) is 54.9 Å². The second kappa shape index (κ2) is 7.22. The van der Waals surface area contributed by atoms with Gasteiger partial charge in [0.25, 0.3) is 5.56 Å². The highest BCUT2D eigenvalue weighted by Crippen LogP contribution is 2.33. The molecule has 2 heterocycles. The van der Waals surface area contributed by atoms with Crippen LogP contribution in [0.2, 0.25) is 10.0 Å². The summed E-state index contributed by atoms with van der Waals surface area (Å²) in [6.07, 6.45) is 4.08. The molecular formula is C18H21Cl2N3OS. The number of hydrogen-bond donors (Lipinski definition) is 0. The predicted octanol–water partition coefficient (Wildman–Crippen LogP) is 4.89. The molecule has 0 unspecified atom stereocenters. The molecule has 4 nitrogen and oxygen atoms in total. The van der Waals surface area contributed by atoms with Crippen LogP contribution < -0.4 is 10.5 Å². The second-order valence-corrected chi connectivity index (χ2v) is 8.56. The van der Waals surface area contributed by atoms with E-state index in [1.807, 2.05) is 6.26 Å². The summed E-state index contributed by atoms with van der Waals surface area (Å²) in [5, 5.41) is 1.38. The Labute approximate surface area is 162 Å². The van der Waals surface area contributed by atoms with E-state index in [2.05, 4.69) is 18.7 Å². The number of hydrogen-bond acceptors (Lipinski definition) is 4. The van der Waals surface area contributed by atoms with E-state index in [1.165, 1.54) is 16.3 Å². The van der Waals surface area contributed by atoms with Gasteiger partial charge in [-0.15, -0.1) is 0 Å². The first-order chi connectivity index (χ1) is 11.8. The molecule has 0 bridgehead atoms. The number of halogens is 2. The van der Waals surface area contributed by atoms with Crippen molar-refractivity contribution < 1.29 is 0 Å². The molecule has 1 saturated heterocycles. The van der Waals surface area contributed by atoms with E-state index in [0.29, 0.717) is 26.3 Å². The highest BCUT2D eigenvalue weighted by atomic mass is 35.5. The van der Waals surface area contributed by atoms with E-state index in [4.69, 9.17) is 28.2 Å². The Kier molecular flexibility index (Phi) is 5.37. The molecular weight excluding hydrogens is 377 g/mol. The SMILES string of the molecule is CSc1nc(N2CCC(C)(C)CC2)cc(=O)n1-c1cccc(Cl)c1Cl. The van der Waals surface area contributed by atoms with Crippen LogP contribution in [-0.2, 0) is 0 Å². The first-order valence-electron chi connectivity index (χ1n) is 8.20. The largest absolute Gasteiger partial charge is 0.356 e. The Balaban J connectivity index is 2.03. The van der Waals surface area contributed by atoms with E-state index < -0.39 is 0 Å². The molecule has 134 valence electrons. The number of piperidine rings is 1. The summed E-state index contributed by atoms with van der Waals surface area (Å²) < 4.78 is 1.52. The normalized spacial score (nSPS) is 16.9. The minimum absolute atomic E-state index is 0.150. The maximum absolute atomic E-state index is 12.8. The molecule has 0 N–H and O–H groups in total. The monoisotopic (exact) mass is 397 g/mol. The minimum Gasteiger partial charge on any atom is -0.356 e. The average Bonchev–Trinajstić information content (AvgIpc) is 2.57. The fourth-order valence-electron chi connectivity index (χ4n) is 2.98. The number of rotatable bonds is 3. The standard InChI is InChI=1S/C18H21Cl2N3OS/c1-18(2)7-9-22(10-8-18)14-11-15(24)23(17(21-14)25-3)13-6-4-5-12(19)16(13)20/h4-6,11H,7-10H2,1-3H3. The third kappa shape index (κ3) is 3.83. The Morgan fingerprint density at radius 2 is 1.88 bits per heavy atom. The maximum atomic E-state index is 12.8. The fraction of sp³-hybridized carbons (Fsp3) is 0.444. The molecule has 0 spiro atoms. The lowest BCUT2D eigenvalue weighted by molar-refractivity contribution is 0.279. The molecule has 1 aliphatic rings. The lowest BCUT2D eigenvalue weighted by Gasteiger charge is -2.37. The van der Waals surface area contributed by atoms with Crippen LogP contribution in [0.3, 0.4) is 0 Å². The van der Waals surface area contributed by atoms with Gasteiger partial charge in [0.1, 0.15) is 5.82 Å². The summed E-state index contributed by atoms with van der Waals surface area (Å²) in [4.78, 5) is 19.7. The van der Waals surface area contributed by atoms with Crippen LogP contribution >= 0.6 is 35.0 Å². The Morgan fingerprint density at radius 3 is 2.52 bits per heavy atom. The van der Waals surface area contributed by atoms with Gasteiger partial charge < -0.3 is 4.90 Å². The van der Waals surface area contributed by atoms with Crippen molar-refractivity contribution in [2.75, 3.05) is 24.2 Å². The zero-order valence-corrected chi connectivity index (χ0v) is 16.9. The van der Waals surface area contributed by atoms with Gasteiger partial charge in [-0.05, 0) is 36.6 Å². The highest BCUT2D eigenvalue weighted by molar-refractivity contribution is 7.98. The van der Waals surface area contributed by atoms with Crippen molar-refractivity contribution in [1.82, 2.24) is 9.55 Å². The van der Waals surface area contributed by atoms with Gasteiger partial charge in [0.05, 0.1) is 15.7 Å². The Bertz CT molecular complexity index is 841. The summed E-state index contributed by atoms with van der Waals surface area (Å²) in [7, 11) is 0. The Hall–Kier alpha value is -1.17. The van der Waals surface area contributed by atoms with Crippen molar-refractivity contribution in [1.29, 1.82) is 0 Å². The van der Waals surface area contributed by atoms with Gasteiger partial charge in [0, 0.05) is 19.2 Å². The van der Waals surface area contributed by atoms with Gasteiger partial charge in [-0.2, -0.15) is 0 Å². The molecule has 0 atom stereocenters. The van der Waals surface area contributed by atoms with Crippen LogP contribution in [0.15, 0.2) is 34.2 Å². The molecule has 1 aromatic heterocycles. The van der Waals surface area contributed by atoms with Crippen LogP contribution in [0, 0.1) is 5.41 Å². The van der Waals surface area contributed by atoms with Crippen molar-refractivity contribution in [3.63, 3.8) is 0 Å². The van der Waals surface area contributed by atoms with E-state index in [9.17, 15) is 4.79 Å². The number of nitrogens with zero attached hydrogens (tertiary/aromatic N) is 3. The molecule has 0 radical (unpaired) electrons. The topological polar surface area (TPSA) is 38.1 Å². The molecule has 0 saturated carbocycles. The number of aromatic nitrogens is 2. The summed E-state index contributed by atoms with van der Waals surface area (Å²) in [5.74, 6) is 0.735. The predicted molar refractivity (Wildman–Crippen MR) is 107 cm³/mol. The van der Waals surface area contributed by atoms with Crippen molar-refractivity contribution in [2.24, 2.45) is 5.41 Å². The molecule has 0 aliphatic carbocycles. The summed E-state index contributed by atoms with van der Waals surface area (Å²) in [6.45, 7) is 6.39. The minimum atomic E-state index is -0.150. The van der Waals surface area contributed by atoms with Crippen LogP contribution in [0.4, 0.5) is 5.82 Å². The van der Waals surface area contributed by atoms with Crippen molar-refractivity contribution >= 4 is 40.8 Å². The summed E-state index contributed by atoms with van der Waals surface area (Å²) >= 11 is 13.8. The molecule has 1 aromatic carbocycles. The van der Waals surface area contributed by atoms with Gasteiger partial charge in [-0.3, -0.25) is 9.36 Å². The van der Waals surface area contributed by atoms with Crippen LogP contribution in [0.5, 0.6) is 0 Å². The van der Waals surface area contributed by atoms with Crippen LogP contribution in [0.1, 0.15) is 26.7 Å². The quantitative estimate of drug-likeness (QED) is 0.545. The first-order valence-corrected chi connectivity index (χ1v) is 10.2. The fourth-order valence-corrected chi connectivity index (χ4v) is 3.91. The smallest absolute Gasteiger partial charge is 0.260 e.